The number of likely N-dealkylation sites (tertiary alicyclic amines) is 1. The third kappa shape index (κ3) is 6.96. The Kier molecular flexibility index (Phi) is 9.11. The van der Waals surface area contributed by atoms with E-state index in [0.29, 0.717) is 57.1 Å². The number of esters is 1. The standard InChI is InChI=1S/C30H34N4O4S/c1-2-38-29(36)25-12-14-34(15-13-25)28(35)24-10-8-22(9-11-24)21-39-30-31-26(23-6-4-3-5-7-23)20-27(32-30)33-16-18-37-19-17-33/h3-11,20,25H,2,12-19,21H2,1H3. The average Bonchev–Trinajstić information content (AvgIpc) is 3.01. The van der Waals surface area contributed by atoms with E-state index in [1.807, 2.05) is 54.3 Å². The van der Waals surface area contributed by atoms with Crippen molar-refractivity contribution in [1.29, 1.82) is 0 Å². The van der Waals surface area contributed by atoms with Gasteiger partial charge >= 0.3 is 5.97 Å². The largest absolute Gasteiger partial charge is 0.466 e. The van der Waals surface area contributed by atoms with Crippen LogP contribution in [-0.4, -0.2) is 72.7 Å². The topological polar surface area (TPSA) is 84.9 Å². The Balaban J connectivity index is 1.23. The number of amides is 1. The van der Waals surface area contributed by atoms with Gasteiger partial charge < -0.3 is 19.3 Å². The molecule has 0 unspecified atom stereocenters. The minimum absolute atomic E-state index is 0.00515. The molecule has 3 heterocycles. The highest BCUT2D eigenvalue weighted by Crippen LogP contribution is 2.28. The van der Waals surface area contributed by atoms with Gasteiger partial charge in [0.2, 0.25) is 0 Å². The predicted molar refractivity (Wildman–Crippen MR) is 152 cm³/mol. The molecule has 1 aromatic heterocycles. The zero-order valence-corrected chi connectivity index (χ0v) is 23.1. The smallest absolute Gasteiger partial charge is 0.309 e. The highest BCUT2D eigenvalue weighted by Gasteiger charge is 2.28. The van der Waals surface area contributed by atoms with E-state index in [9.17, 15) is 9.59 Å². The van der Waals surface area contributed by atoms with Crippen molar-refractivity contribution in [2.45, 2.75) is 30.7 Å². The van der Waals surface area contributed by atoms with Gasteiger partial charge in [0.15, 0.2) is 5.16 Å². The SMILES string of the molecule is CCOC(=O)C1CCN(C(=O)c2ccc(CSc3nc(-c4ccccc4)cc(N4CCOCC4)n3)cc2)CC1. The fraction of sp³-hybridized carbons (Fsp3) is 0.400. The maximum atomic E-state index is 13.0. The summed E-state index contributed by atoms with van der Waals surface area (Å²) in [6.07, 6.45) is 1.29. The second-order valence-electron chi connectivity index (χ2n) is 9.66. The first-order valence-electron chi connectivity index (χ1n) is 13.6. The van der Waals surface area contributed by atoms with Gasteiger partial charge in [-0.05, 0) is 37.5 Å². The van der Waals surface area contributed by atoms with Crippen LogP contribution in [0.3, 0.4) is 0 Å². The molecule has 0 spiro atoms. The van der Waals surface area contributed by atoms with E-state index in [2.05, 4.69) is 23.1 Å². The zero-order chi connectivity index (χ0) is 27.0. The molecule has 0 radical (unpaired) electrons. The van der Waals surface area contributed by atoms with Crippen molar-refractivity contribution >= 4 is 29.5 Å². The number of carbonyl (C=O) groups excluding carboxylic acids is 2. The molecule has 1 amide bonds. The van der Waals surface area contributed by atoms with Gasteiger partial charge in [-0.1, -0.05) is 54.2 Å². The molecule has 9 heteroatoms. The molecule has 3 aromatic rings. The number of ether oxygens (including phenoxy) is 2. The number of nitrogens with zero attached hydrogens (tertiary/aromatic N) is 4. The van der Waals surface area contributed by atoms with E-state index in [1.54, 1.807) is 11.8 Å². The molecule has 2 aliphatic heterocycles. The summed E-state index contributed by atoms with van der Waals surface area (Å²) in [6.45, 7) is 6.36. The normalized spacial score (nSPS) is 16.2. The number of anilines is 1. The molecule has 2 fully saturated rings. The number of morpholine rings is 1. The summed E-state index contributed by atoms with van der Waals surface area (Å²) in [5, 5.41) is 0.725. The minimum atomic E-state index is -0.151. The van der Waals surface area contributed by atoms with Crippen LogP contribution in [0.15, 0.2) is 65.8 Å². The monoisotopic (exact) mass is 546 g/mol. The highest BCUT2D eigenvalue weighted by atomic mass is 32.2. The number of carbonyl (C=O) groups is 2. The summed E-state index contributed by atoms with van der Waals surface area (Å²) < 4.78 is 10.7. The van der Waals surface area contributed by atoms with Crippen molar-refractivity contribution in [3.63, 3.8) is 0 Å². The van der Waals surface area contributed by atoms with Crippen LogP contribution >= 0.6 is 11.8 Å². The van der Waals surface area contributed by atoms with Gasteiger partial charge in [0, 0.05) is 49.1 Å². The van der Waals surface area contributed by atoms with Crippen LogP contribution in [-0.2, 0) is 20.0 Å². The molecular formula is C30H34N4O4S. The van der Waals surface area contributed by atoms with Gasteiger partial charge in [-0.15, -0.1) is 0 Å². The fourth-order valence-electron chi connectivity index (χ4n) is 4.84. The van der Waals surface area contributed by atoms with E-state index >= 15 is 0 Å². The number of rotatable bonds is 8. The molecule has 0 aliphatic carbocycles. The van der Waals surface area contributed by atoms with Crippen molar-refractivity contribution in [2.75, 3.05) is 50.9 Å². The Bertz CT molecular complexity index is 1260. The molecule has 0 atom stereocenters. The van der Waals surface area contributed by atoms with Gasteiger partial charge in [0.25, 0.3) is 5.91 Å². The van der Waals surface area contributed by atoms with Crippen LogP contribution in [0, 0.1) is 5.92 Å². The van der Waals surface area contributed by atoms with E-state index in [0.717, 1.165) is 40.9 Å². The molecule has 0 bridgehead atoms. The molecule has 8 nitrogen and oxygen atoms in total. The highest BCUT2D eigenvalue weighted by molar-refractivity contribution is 7.98. The third-order valence-electron chi connectivity index (χ3n) is 7.07. The van der Waals surface area contributed by atoms with Crippen molar-refractivity contribution in [3.8, 4) is 11.3 Å². The number of piperidine rings is 1. The van der Waals surface area contributed by atoms with E-state index in [4.69, 9.17) is 19.4 Å². The maximum absolute atomic E-state index is 13.0. The third-order valence-corrected chi connectivity index (χ3v) is 7.99. The van der Waals surface area contributed by atoms with Gasteiger partial charge in [0.05, 0.1) is 31.4 Å². The lowest BCUT2D eigenvalue weighted by atomic mass is 9.96. The molecule has 0 saturated carbocycles. The Hall–Kier alpha value is -3.43. The molecule has 2 saturated heterocycles. The molecule has 2 aromatic carbocycles. The van der Waals surface area contributed by atoms with Crippen LogP contribution < -0.4 is 4.90 Å². The first-order chi connectivity index (χ1) is 19.1. The molecule has 204 valence electrons. The molecule has 5 rings (SSSR count). The Morgan fingerprint density at radius 3 is 2.38 bits per heavy atom. The Labute approximate surface area is 233 Å². The molecule has 0 N–H and O–H groups in total. The lowest BCUT2D eigenvalue weighted by Gasteiger charge is -2.31. The van der Waals surface area contributed by atoms with Crippen LogP contribution in [0.5, 0.6) is 0 Å². The summed E-state index contributed by atoms with van der Waals surface area (Å²) in [6, 6.07) is 20.0. The number of hydrogen-bond donors (Lipinski definition) is 0. The maximum Gasteiger partial charge on any atom is 0.309 e. The molecular weight excluding hydrogens is 512 g/mol. The van der Waals surface area contributed by atoms with Crippen molar-refractivity contribution in [2.24, 2.45) is 5.92 Å². The average molecular weight is 547 g/mol. The fourth-order valence-corrected chi connectivity index (χ4v) is 5.65. The van der Waals surface area contributed by atoms with Gasteiger partial charge in [-0.3, -0.25) is 9.59 Å². The van der Waals surface area contributed by atoms with Crippen LogP contribution in [0.25, 0.3) is 11.3 Å². The summed E-state index contributed by atoms with van der Waals surface area (Å²) in [5.41, 5.74) is 3.72. The zero-order valence-electron chi connectivity index (χ0n) is 22.3. The Morgan fingerprint density at radius 2 is 1.69 bits per heavy atom. The van der Waals surface area contributed by atoms with E-state index < -0.39 is 0 Å². The van der Waals surface area contributed by atoms with Gasteiger partial charge in [-0.2, -0.15) is 0 Å². The summed E-state index contributed by atoms with van der Waals surface area (Å²) in [5.74, 6) is 1.36. The van der Waals surface area contributed by atoms with E-state index in [1.165, 1.54) is 0 Å². The Morgan fingerprint density at radius 1 is 0.974 bits per heavy atom. The summed E-state index contributed by atoms with van der Waals surface area (Å²) in [7, 11) is 0. The van der Waals surface area contributed by atoms with Gasteiger partial charge in [-0.25, -0.2) is 9.97 Å². The van der Waals surface area contributed by atoms with Crippen LogP contribution in [0.2, 0.25) is 0 Å². The quantitative estimate of drug-likeness (QED) is 0.229. The lowest BCUT2D eigenvalue weighted by molar-refractivity contribution is -0.149. The molecule has 39 heavy (non-hydrogen) atoms. The first kappa shape index (κ1) is 27.1. The van der Waals surface area contributed by atoms with Crippen LogP contribution in [0.4, 0.5) is 5.82 Å². The summed E-state index contributed by atoms with van der Waals surface area (Å²) >= 11 is 1.59. The number of benzene rings is 2. The number of thioether (sulfide) groups is 1. The molecule has 2 aliphatic rings. The van der Waals surface area contributed by atoms with Crippen LogP contribution in [0.1, 0.15) is 35.7 Å². The van der Waals surface area contributed by atoms with E-state index in [-0.39, 0.29) is 17.8 Å². The number of aromatic nitrogens is 2. The van der Waals surface area contributed by atoms with Crippen molar-refractivity contribution < 1.29 is 19.1 Å². The second-order valence-corrected chi connectivity index (χ2v) is 10.6. The second kappa shape index (κ2) is 13.1. The lowest BCUT2D eigenvalue weighted by Crippen LogP contribution is -2.40. The van der Waals surface area contributed by atoms with Crippen molar-refractivity contribution in [3.05, 3.63) is 71.8 Å². The predicted octanol–water partition coefficient (Wildman–Crippen LogP) is 4.69. The van der Waals surface area contributed by atoms with Gasteiger partial charge in [0.1, 0.15) is 5.82 Å². The van der Waals surface area contributed by atoms with Crippen molar-refractivity contribution in [1.82, 2.24) is 14.9 Å². The summed E-state index contributed by atoms with van der Waals surface area (Å²) in [4.78, 5) is 38.8. The number of hydrogen-bond acceptors (Lipinski definition) is 8. The first-order valence-corrected chi connectivity index (χ1v) is 14.5. The minimum Gasteiger partial charge on any atom is -0.466 e.